The molecule has 146 valence electrons. The van der Waals surface area contributed by atoms with Crippen LogP contribution in [0.1, 0.15) is 11.4 Å². The van der Waals surface area contributed by atoms with Crippen molar-refractivity contribution in [3.05, 3.63) is 42.0 Å². The van der Waals surface area contributed by atoms with Crippen molar-refractivity contribution in [3.63, 3.8) is 0 Å². The summed E-state index contributed by atoms with van der Waals surface area (Å²) >= 11 is 0. The monoisotopic (exact) mass is 372 g/mol. The number of methoxy groups -OCH3 is 2. The standard InChI is InChI=1S/C20H28N4O3/c1-25-18-4-3-5-19(26-2)17(18)11-23-8-15-9-24(12-20-21-6-7-22-20)16(10-23)14-27-13-15/h3-7,15-16H,8-14H2,1-2H3,(H,21,22)/t15-,16-/m0/s1. The third-order valence-corrected chi connectivity index (χ3v) is 5.48. The maximum Gasteiger partial charge on any atom is 0.127 e. The highest BCUT2D eigenvalue weighted by molar-refractivity contribution is 5.44. The molecule has 4 rings (SSSR count). The molecule has 0 unspecified atom stereocenters. The van der Waals surface area contributed by atoms with Gasteiger partial charge < -0.3 is 19.2 Å². The lowest BCUT2D eigenvalue weighted by Gasteiger charge is -2.31. The minimum absolute atomic E-state index is 0.350. The quantitative estimate of drug-likeness (QED) is 0.834. The van der Waals surface area contributed by atoms with E-state index in [1.807, 2.05) is 30.6 Å². The predicted octanol–water partition coefficient (Wildman–Crippen LogP) is 1.76. The number of nitrogens with one attached hydrogen (secondary N) is 1. The highest BCUT2D eigenvalue weighted by Crippen LogP contribution is 2.31. The van der Waals surface area contributed by atoms with Crippen LogP contribution in [0.4, 0.5) is 0 Å². The maximum atomic E-state index is 5.95. The van der Waals surface area contributed by atoms with Crippen molar-refractivity contribution in [2.24, 2.45) is 5.92 Å². The average Bonchev–Trinajstić information content (AvgIpc) is 3.04. The highest BCUT2D eigenvalue weighted by Gasteiger charge is 2.34. The van der Waals surface area contributed by atoms with E-state index < -0.39 is 0 Å². The zero-order valence-electron chi connectivity index (χ0n) is 16.1. The molecule has 0 aliphatic carbocycles. The largest absolute Gasteiger partial charge is 0.496 e. The first kappa shape index (κ1) is 18.3. The van der Waals surface area contributed by atoms with E-state index in [4.69, 9.17) is 14.2 Å². The smallest absolute Gasteiger partial charge is 0.127 e. The van der Waals surface area contributed by atoms with Gasteiger partial charge >= 0.3 is 0 Å². The molecule has 2 aromatic rings. The first-order valence-electron chi connectivity index (χ1n) is 9.49. The summed E-state index contributed by atoms with van der Waals surface area (Å²) in [6.45, 7) is 6.22. The van der Waals surface area contributed by atoms with Crippen LogP contribution >= 0.6 is 0 Å². The zero-order valence-corrected chi connectivity index (χ0v) is 16.1. The number of hydrogen-bond donors (Lipinski definition) is 1. The van der Waals surface area contributed by atoms with Crippen molar-refractivity contribution in [2.75, 3.05) is 47.1 Å². The number of fused-ring (bicyclic) bond motifs is 3. The number of benzene rings is 1. The Hall–Kier alpha value is -2.09. The van der Waals surface area contributed by atoms with Gasteiger partial charge in [-0.2, -0.15) is 0 Å². The molecule has 2 aliphatic heterocycles. The van der Waals surface area contributed by atoms with Gasteiger partial charge in [-0.05, 0) is 12.1 Å². The van der Waals surface area contributed by atoms with Gasteiger partial charge in [-0.15, -0.1) is 0 Å². The molecule has 2 atom stereocenters. The lowest BCUT2D eigenvalue weighted by Crippen LogP contribution is -2.43. The summed E-state index contributed by atoms with van der Waals surface area (Å²) in [4.78, 5) is 12.7. The molecular weight excluding hydrogens is 344 g/mol. The van der Waals surface area contributed by atoms with Gasteiger partial charge in [0.2, 0.25) is 0 Å². The molecule has 1 N–H and O–H groups in total. The fourth-order valence-corrected chi connectivity index (χ4v) is 4.23. The van der Waals surface area contributed by atoms with Crippen LogP contribution in [0.15, 0.2) is 30.6 Å². The Balaban J connectivity index is 1.53. The molecule has 2 aliphatic rings. The first-order chi connectivity index (χ1) is 13.3. The Labute approximate surface area is 160 Å². The second-order valence-corrected chi connectivity index (χ2v) is 7.36. The summed E-state index contributed by atoms with van der Waals surface area (Å²) in [5.74, 6) is 3.26. The van der Waals surface area contributed by atoms with Crippen LogP contribution in [0.2, 0.25) is 0 Å². The Morgan fingerprint density at radius 1 is 1.11 bits per heavy atom. The minimum atomic E-state index is 0.350. The number of ether oxygens (including phenoxy) is 3. The molecule has 0 amide bonds. The molecule has 0 radical (unpaired) electrons. The number of rotatable bonds is 6. The summed E-state index contributed by atoms with van der Waals surface area (Å²) < 4.78 is 17.1. The zero-order chi connectivity index (χ0) is 18.6. The molecule has 2 fully saturated rings. The van der Waals surface area contributed by atoms with Gasteiger partial charge in [0.1, 0.15) is 17.3 Å². The lowest BCUT2D eigenvalue weighted by atomic mass is 10.1. The van der Waals surface area contributed by atoms with Crippen LogP contribution in [-0.4, -0.2) is 72.9 Å². The second kappa shape index (κ2) is 8.29. The molecule has 0 saturated carbocycles. The van der Waals surface area contributed by atoms with Crippen molar-refractivity contribution in [2.45, 2.75) is 19.1 Å². The number of hydrogen-bond acceptors (Lipinski definition) is 6. The number of aromatic nitrogens is 2. The molecule has 2 bridgehead atoms. The fourth-order valence-electron chi connectivity index (χ4n) is 4.23. The number of H-pyrrole nitrogens is 1. The molecule has 27 heavy (non-hydrogen) atoms. The second-order valence-electron chi connectivity index (χ2n) is 7.36. The predicted molar refractivity (Wildman–Crippen MR) is 102 cm³/mol. The van der Waals surface area contributed by atoms with Gasteiger partial charge in [-0.1, -0.05) is 6.07 Å². The van der Waals surface area contributed by atoms with Crippen LogP contribution < -0.4 is 9.47 Å². The van der Waals surface area contributed by atoms with Crippen LogP contribution in [0.3, 0.4) is 0 Å². The van der Waals surface area contributed by atoms with Gasteiger partial charge in [0, 0.05) is 50.5 Å². The van der Waals surface area contributed by atoms with Gasteiger partial charge in [-0.3, -0.25) is 9.80 Å². The Morgan fingerprint density at radius 3 is 2.63 bits per heavy atom. The Bertz CT molecular complexity index is 715. The number of aromatic amines is 1. The van der Waals surface area contributed by atoms with Crippen molar-refractivity contribution in [3.8, 4) is 11.5 Å². The van der Waals surface area contributed by atoms with E-state index in [9.17, 15) is 0 Å². The number of nitrogens with zero attached hydrogens (tertiary/aromatic N) is 3. The number of imidazole rings is 1. The van der Waals surface area contributed by atoms with E-state index in [1.165, 1.54) is 0 Å². The van der Waals surface area contributed by atoms with Crippen LogP contribution in [-0.2, 0) is 17.8 Å². The van der Waals surface area contributed by atoms with Crippen LogP contribution in [0.5, 0.6) is 11.5 Å². The van der Waals surface area contributed by atoms with E-state index in [1.54, 1.807) is 14.2 Å². The molecule has 1 aromatic heterocycles. The summed E-state index contributed by atoms with van der Waals surface area (Å²) in [5.41, 5.74) is 1.11. The molecular formula is C20H28N4O3. The van der Waals surface area contributed by atoms with Crippen molar-refractivity contribution in [1.82, 2.24) is 19.8 Å². The van der Waals surface area contributed by atoms with Crippen LogP contribution in [0.25, 0.3) is 0 Å². The van der Waals surface area contributed by atoms with E-state index in [-0.39, 0.29) is 0 Å². The fraction of sp³-hybridized carbons (Fsp3) is 0.550. The summed E-state index contributed by atoms with van der Waals surface area (Å²) in [7, 11) is 3.43. The molecule has 1 aromatic carbocycles. The van der Waals surface area contributed by atoms with Crippen molar-refractivity contribution >= 4 is 0 Å². The van der Waals surface area contributed by atoms with E-state index in [2.05, 4.69) is 19.8 Å². The van der Waals surface area contributed by atoms with Crippen molar-refractivity contribution in [1.29, 1.82) is 0 Å². The van der Waals surface area contributed by atoms with Crippen molar-refractivity contribution < 1.29 is 14.2 Å². The molecule has 7 nitrogen and oxygen atoms in total. The lowest BCUT2D eigenvalue weighted by molar-refractivity contribution is 0.0463. The highest BCUT2D eigenvalue weighted by atomic mass is 16.5. The minimum Gasteiger partial charge on any atom is -0.496 e. The van der Waals surface area contributed by atoms with Gasteiger partial charge in [-0.25, -0.2) is 4.98 Å². The van der Waals surface area contributed by atoms with Gasteiger partial charge in [0.25, 0.3) is 0 Å². The molecule has 0 spiro atoms. The SMILES string of the molecule is COc1cccc(OC)c1CN1C[C@@H]2COC[C@H](C1)N(Cc1ncc[nH]1)C2. The summed E-state index contributed by atoms with van der Waals surface area (Å²) in [6, 6.07) is 6.33. The molecule has 2 saturated heterocycles. The van der Waals surface area contributed by atoms with Crippen LogP contribution in [0, 0.1) is 5.92 Å². The summed E-state index contributed by atoms with van der Waals surface area (Å²) in [5, 5.41) is 0. The Morgan fingerprint density at radius 2 is 1.93 bits per heavy atom. The van der Waals surface area contributed by atoms with E-state index in [0.29, 0.717) is 12.0 Å². The third kappa shape index (κ3) is 4.10. The average molecular weight is 372 g/mol. The Kier molecular flexibility index (Phi) is 5.61. The summed E-state index contributed by atoms with van der Waals surface area (Å²) in [6.07, 6.45) is 3.70. The third-order valence-electron chi connectivity index (χ3n) is 5.48. The molecule has 3 heterocycles. The van der Waals surface area contributed by atoms with E-state index >= 15 is 0 Å². The normalized spacial score (nSPS) is 23.8. The molecule has 7 heteroatoms. The van der Waals surface area contributed by atoms with Gasteiger partial charge in [0.05, 0.1) is 39.5 Å². The first-order valence-corrected chi connectivity index (χ1v) is 9.49. The van der Waals surface area contributed by atoms with Gasteiger partial charge in [0.15, 0.2) is 0 Å². The topological polar surface area (TPSA) is 62.9 Å². The van der Waals surface area contributed by atoms with E-state index in [0.717, 1.165) is 68.8 Å². The maximum absolute atomic E-state index is 5.95.